The van der Waals surface area contributed by atoms with Crippen molar-refractivity contribution in [2.75, 3.05) is 13.1 Å². The molecule has 2 rings (SSSR count). The molecule has 2 heterocycles. The summed E-state index contributed by atoms with van der Waals surface area (Å²) in [5, 5.41) is 9.70. The number of nitrogens with one attached hydrogen (secondary N) is 1. The van der Waals surface area contributed by atoms with Crippen LogP contribution in [0.25, 0.3) is 0 Å². The van der Waals surface area contributed by atoms with Crippen molar-refractivity contribution >= 4 is 5.91 Å². The van der Waals surface area contributed by atoms with Crippen LogP contribution in [0.2, 0.25) is 0 Å². The molecule has 1 saturated heterocycles. The molecule has 1 aromatic rings. The summed E-state index contributed by atoms with van der Waals surface area (Å²) in [5.41, 5.74) is -1.97. The minimum Gasteiger partial charge on any atom is -0.390 e. The number of H-pyrrole nitrogens is 1. The van der Waals surface area contributed by atoms with Crippen LogP contribution in [-0.4, -0.2) is 44.6 Å². The Hall–Kier alpha value is -1.57. The van der Waals surface area contributed by atoms with E-state index < -0.39 is 17.5 Å². The van der Waals surface area contributed by atoms with Crippen molar-refractivity contribution in [3.63, 3.8) is 0 Å². The zero-order valence-corrected chi connectivity index (χ0v) is 12.6. The molecule has 0 aromatic carbocycles. The molecular weight excluding hydrogens is 299 g/mol. The number of nitrogens with zero attached hydrogens (tertiary/aromatic N) is 2. The SMILES string of the molecule is CC(C)(O)CC(=O)N1CCC[C@@H](c2ncc(C(F)(F)F)[nH]2)C1. The molecule has 0 radical (unpaired) electrons. The summed E-state index contributed by atoms with van der Waals surface area (Å²) in [6.07, 6.45) is -2.30. The third kappa shape index (κ3) is 4.22. The van der Waals surface area contributed by atoms with Crippen molar-refractivity contribution in [3.05, 3.63) is 17.7 Å². The van der Waals surface area contributed by atoms with Gasteiger partial charge in [-0.25, -0.2) is 4.98 Å². The molecule has 1 fully saturated rings. The monoisotopic (exact) mass is 319 g/mol. The van der Waals surface area contributed by atoms with Gasteiger partial charge in [-0.1, -0.05) is 0 Å². The van der Waals surface area contributed by atoms with Crippen molar-refractivity contribution in [1.82, 2.24) is 14.9 Å². The van der Waals surface area contributed by atoms with E-state index in [1.807, 2.05) is 0 Å². The largest absolute Gasteiger partial charge is 0.432 e. The Morgan fingerprint density at radius 2 is 2.18 bits per heavy atom. The summed E-state index contributed by atoms with van der Waals surface area (Å²) in [4.78, 5) is 19.8. The van der Waals surface area contributed by atoms with Gasteiger partial charge >= 0.3 is 6.18 Å². The first kappa shape index (κ1) is 16.8. The van der Waals surface area contributed by atoms with Crippen LogP contribution in [0.15, 0.2) is 6.20 Å². The Morgan fingerprint density at radius 3 is 2.73 bits per heavy atom. The van der Waals surface area contributed by atoms with E-state index in [0.717, 1.165) is 6.20 Å². The fourth-order valence-electron chi connectivity index (χ4n) is 2.60. The molecule has 0 unspecified atom stereocenters. The zero-order chi connectivity index (χ0) is 16.5. The number of hydrogen-bond acceptors (Lipinski definition) is 3. The number of carbonyl (C=O) groups is 1. The van der Waals surface area contributed by atoms with Crippen LogP contribution in [0.1, 0.15) is 50.5 Å². The average Bonchev–Trinajstić information content (AvgIpc) is 2.86. The summed E-state index contributed by atoms with van der Waals surface area (Å²) in [6.45, 7) is 3.97. The molecule has 22 heavy (non-hydrogen) atoms. The van der Waals surface area contributed by atoms with Gasteiger partial charge < -0.3 is 15.0 Å². The second kappa shape index (κ2) is 5.91. The van der Waals surface area contributed by atoms with E-state index in [9.17, 15) is 23.1 Å². The second-order valence-corrected chi connectivity index (χ2v) is 6.35. The van der Waals surface area contributed by atoms with Crippen LogP contribution >= 0.6 is 0 Å². The Kier molecular flexibility index (Phi) is 4.51. The maximum absolute atomic E-state index is 12.6. The highest BCUT2D eigenvalue weighted by atomic mass is 19.4. The predicted molar refractivity (Wildman–Crippen MR) is 73.1 cm³/mol. The van der Waals surface area contributed by atoms with Gasteiger partial charge in [0.25, 0.3) is 0 Å². The number of piperidine rings is 1. The van der Waals surface area contributed by atoms with Gasteiger partial charge in [0.15, 0.2) is 0 Å². The van der Waals surface area contributed by atoms with Crippen molar-refractivity contribution in [2.45, 2.75) is 50.8 Å². The Bertz CT molecular complexity index is 534. The van der Waals surface area contributed by atoms with Gasteiger partial charge in [-0.3, -0.25) is 4.79 Å². The number of carbonyl (C=O) groups excluding carboxylic acids is 1. The lowest BCUT2D eigenvalue weighted by Crippen LogP contribution is -2.42. The van der Waals surface area contributed by atoms with Crippen LogP contribution in [0.5, 0.6) is 0 Å². The predicted octanol–water partition coefficient (Wildman–Crippen LogP) is 2.30. The maximum Gasteiger partial charge on any atom is 0.432 e. The van der Waals surface area contributed by atoms with E-state index in [0.29, 0.717) is 25.9 Å². The molecule has 0 aliphatic carbocycles. The molecule has 8 heteroatoms. The molecule has 2 N–H and O–H groups in total. The topological polar surface area (TPSA) is 69.2 Å². The summed E-state index contributed by atoms with van der Waals surface area (Å²) < 4.78 is 37.8. The normalized spacial score (nSPS) is 20.3. The molecule has 0 saturated carbocycles. The van der Waals surface area contributed by atoms with Gasteiger partial charge in [0.1, 0.15) is 11.5 Å². The van der Waals surface area contributed by atoms with Gasteiger partial charge in [0.05, 0.1) is 18.2 Å². The highest BCUT2D eigenvalue weighted by Gasteiger charge is 2.35. The van der Waals surface area contributed by atoms with E-state index in [1.54, 1.807) is 18.7 Å². The van der Waals surface area contributed by atoms with Gasteiger partial charge in [0.2, 0.25) is 5.91 Å². The number of aromatic amines is 1. The van der Waals surface area contributed by atoms with E-state index in [4.69, 9.17) is 0 Å². The molecule has 124 valence electrons. The second-order valence-electron chi connectivity index (χ2n) is 6.35. The number of rotatable bonds is 3. The number of amides is 1. The third-order valence-electron chi connectivity index (χ3n) is 3.65. The van der Waals surface area contributed by atoms with Crippen molar-refractivity contribution in [1.29, 1.82) is 0 Å². The average molecular weight is 319 g/mol. The van der Waals surface area contributed by atoms with Gasteiger partial charge in [-0.2, -0.15) is 13.2 Å². The number of imidazole rings is 1. The smallest absolute Gasteiger partial charge is 0.390 e. The van der Waals surface area contributed by atoms with Crippen LogP contribution in [0, 0.1) is 0 Å². The summed E-state index contributed by atoms with van der Waals surface area (Å²) in [6, 6.07) is 0. The summed E-state index contributed by atoms with van der Waals surface area (Å²) in [7, 11) is 0. The van der Waals surface area contributed by atoms with Crippen LogP contribution in [0.4, 0.5) is 13.2 Å². The Labute approximate surface area is 126 Å². The lowest BCUT2D eigenvalue weighted by molar-refractivity contribution is -0.141. The quantitative estimate of drug-likeness (QED) is 0.898. The van der Waals surface area contributed by atoms with E-state index >= 15 is 0 Å². The number of likely N-dealkylation sites (tertiary alicyclic amines) is 1. The number of aromatic nitrogens is 2. The van der Waals surface area contributed by atoms with E-state index in [2.05, 4.69) is 9.97 Å². The van der Waals surface area contributed by atoms with Crippen LogP contribution < -0.4 is 0 Å². The number of halogens is 3. The molecule has 0 bridgehead atoms. The number of hydrogen-bond donors (Lipinski definition) is 2. The highest BCUT2D eigenvalue weighted by Crippen LogP contribution is 2.31. The molecule has 1 aliphatic rings. The zero-order valence-electron chi connectivity index (χ0n) is 12.6. The van der Waals surface area contributed by atoms with Gasteiger partial charge in [0, 0.05) is 19.0 Å². The Balaban J connectivity index is 2.04. The molecule has 0 spiro atoms. The number of aliphatic hydroxyl groups is 1. The van der Waals surface area contributed by atoms with Gasteiger partial charge in [-0.05, 0) is 26.7 Å². The lowest BCUT2D eigenvalue weighted by Gasteiger charge is -2.33. The minimum atomic E-state index is -4.45. The summed E-state index contributed by atoms with van der Waals surface area (Å²) in [5.74, 6) is -0.177. The van der Waals surface area contributed by atoms with E-state index in [-0.39, 0.29) is 24.1 Å². The Morgan fingerprint density at radius 1 is 1.50 bits per heavy atom. The molecule has 1 aliphatic heterocycles. The molecular formula is C14H20F3N3O2. The first-order valence-corrected chi connectivity index (χ1v) is 7.18. The molecule has 1 atom stereocenters. The molecule has 1 aromatic heterocycles. The molecule has 5 nitrogen and oxygen atoms in total. The molecule has 1 amide bonds. The van der Waals surface area contributed by atoms with Gasteiger partial charge in [-0.15, -0.1) is 0 Å². The summed E-state index contributed by atoms with van der Waals surface area (Å²) >= 11 is 0. The first-order chi connectivity index (χ1) is 10.1. The van der Waals surface area contributed by atoms with Crippen LogP contribution in [0.3, 0.4) is 0 Å². The standard InChI is InChI=1S/C14H20F3N3O2/c1-13(2,22)6-11(21)20-5-3-4-9(8-20)12-18-7-10(19-12)14(15,16)17/h7,9,22H,3-6,8H2,1-2H3,(H,18,19)/t9-/m1/s1. The van der Waals surface area contributed by atoms with Crippen LogP contribution in [-0.2, 0) is 11.0 Å². The lowest BCUT2D eigenvalue weighted by atomic mass is 9.96. The minimum absolute atomic E-state index is 0.00826. The maximum atomic E-state index is 12.6. The van der Waals surface area contributed by atoms with Crippen molar-refractivity contribution in [2.24, 2.45) is 0 Å². The van der Waals surface area contributed by atoms with Crippen molar-refractivity contribution < 1.29 is 23.1 Å². The third-order valence-corrected chi connectivity index (χ3v) is 3.65. The van der Waals surface area contributed by atoms with Crippen molar-refractivity contribution in [3.8, 4) is 0 Å². The first-order valence-electron chi connectivity index (χ1n) is 7.18. The number of alkyl halides is 3. The van der Waals surface area contributed by atoms with E-state index in [1.165, 1.54) is 0 Å². The fourth-order valence-corrected chi connectivity index (χ4v) is 2.60. The fraction of sp³-hybridized carbons (Fsp3) is 0.714. The highest BCUT2D eigenvalue weighted by molar-refractivity contribution is 5.77.